The van der Waals surface area contributed by atoms with Gasteiger partial charge in [-0.1, -0.05) is 42.5 Å². The number of nitrogens with zero attached hydrogens (tertiary/aromatic N) is 1. The Kier molecular flexibility index (Phi) is 9.79. The van der Waals surface area contributed by atoms with Crippen LogP contribution in [-0.2, 0) is 24.5 Å². The molecule has 44 heavy (non-hydrogen) atoms. The number of rotatable bonds is 4. The van der Waals surface area contributed by atoms with Gasteiger partial charge in [-0.3, -0.25) is 19.3 Å². The number of amides is 1. The van der Waals surface area contributed by atoms with E-state index >= 15 is 0 Å². The van der Waals surface area contributed by atoms with Crippen molar-refractivity contribution in [2.24, 2.45) is 17.6 Å². The highest BCUT2D eigenvalue weighted by atomic mass is 35.5. The maximum atomic E-state index is 13.7. The fourth-order valence-corrected chi connectivity index (χ4v) is 6.68. The summed E-state index contributed by atoms with van der Waals surface area (Å²) in [6.45, 7) is 1.40. The number of likely N-dealkylation sites (N-methyl/N-ethyl adjacent to an activating group) is 1. The van der Waals surface area contributed by atoms with Gasteiger partial charge in [0.2, 0.25) is 5.78 Å². The number of carbonyl (C=O) groups is 3. The quantitative estimate of drug-likeness (QED) is 0.173. The molecule has 15 heteroatoms. The van der Waals surface area contributed by atoms with E-state index in [4.69, 9.17) is 15.7 Å². The van der Waals surface area contributed by atoms with Crippen LogP contribution in [0.15, 0.2) is 65.4 Å². The summed E-state index contributed by atoms with van der Waals surface area (Å²) in [6.07, 6.45) is -0.200. The first-order chi connectivity index (χ1) is 20.0. The van der Waals surface area contributed by atoms with Crippen LogP contribution in [0, 0.1) is 11.8 Å². The molecule has 0 radical (unpaired) electrons. The molecule has 0 bridgehead atoms. The van der Waals surface area contributed by atoms with E-state index in [1.807, 2.05) is 0 Å². The van der Waals surface area contributed by atoms with Crippen molar-refractivity contribution in [2.45, 2.75) is 36.4 Å². The first-order valence-corrected chi connectivity index (χ1v) is 14.4. The van der Waals surface area contributed by atoms with E-state index in [0.717, 1.165) is 0 Å². The van der Waals surface area contributed by atoms with Gasteiger partial charge in [0.1, 0.15) is 22.8 Å². The highest BCUT2D eigenvalue weighted by molar-refractivity contribution is 7.38. The van der Waals surface area contributed by atoms with Gasteiger partial charge in [0, 0.05) is 23.0 Å². The summed E-state index contributed by atoms with van der Waals surface area (Å²) in [5.41, 5.74) is -0.0793. The van der Waals surface area contributed by atoms with Crippen LogP contribution in [0.3, 0.4) is 0 Å². The van der Waals surface area contributed by atoms with Gasteiger partial charge >= 0.3 is 13.9 Å². The second-order valence-corrected chi connectivity index (χ2v) is 12.1. The van der Waals surface area contributed by atoms with Gasteiger partial charge in [0.25, 0.3) is 5.91 Å². The summed E-state index contributed by atoms with van der Waals surface area (Å²) in [4.78, 5) is 48.5. The van der Waals surface area contributed by atoms with Crippen LogP contribution >= 0.6 is 20.4 Å². The zero-order valence-corrected chi connectivity index (χ0v) is 25.5. The van der Waals surface area contributed by atoms with Crippen molar-refractivity contribution in [2.75, 3.05) is 14.1 Å². The van der Waals surface area contributed by atoms with Crippen molar-refractivity contribution in [3.8, 4) is 5.75 Å². The molecule has 1 amide bonds. The molecule has 3 aliphatic carbocycles. The van der Waals surface area contributed by atoms with Gasteiger partial charge in [0.05, 0.1) is 17.2 Å². The number of nitrogens with two attached hydrogens (primary N) is 1. The minimum absolute atomic E-state index is 0. The summed E-state index contributed by atoms with van der Waals surface area (Å²) in [6, 6.07) is 11.4. The molecule has 7 atom stereocenters. The number of primary amides is 1. The first kappa shape index (κ1) is 34.8. The SMILES string of the molecule is CN(C)[C@@H]1C(=O)C(C(N)=O)=C(O)[C@@]2(O)C(=O)C3=C(O)c4c(O)cccc4[C@@](C)(O)[C@H]3C[C@@H]12.Cl.O=[P+](O)C(O)c1ccccc1. The molecule has 236 valence electrons. The Balaban J connectivity index is 0.000000374. The number of halogens is 1. The fourth-order valence-electron chi connectivity index (χ4n) is 6.25. The number of aliphatic hydroxyl groups excluding tert-OH is 3. The number of phenols is 1. The van der Waals surface area contributed by atoms with E-state index in [-0.39, 0.29) is 30.0 Å². The van der Waals surface area contributed by atoms with Crippen molar-refractivity contribution in [1.82, 2.24) is 4.90 Å². The lowest BCUT2D eigenvalue weighted by molar-refractivity contribution is -0.159. The van der Waals surface area contributed by atoms with Gasteiger partial charge in [-0.25, -0.2) is 0 Å². The molecule has 0 aliphatic heterocycles. The monoisotopic (exact) mass is 651 g/mol. The lowest BCUT2D eigenvalue weighted by atomic mass is 9.54. The van der Waals surface area contributed by atoms with E-state index in [1.54, 1.807) is 30.3 Å². The molecule has 3 aliphatic rings. The second-order valence-electron chi connectivity index (χ2n) is 11.0. The predicted octanol–water partition coefficient (Wildman–Crippen LogP) is 1.46. The summed E-state index contributed by atoms with van der Waals surface area (Å²) in [5.74, 6) is -9.16. The summed E-state index contributed by atoms with van der Waals surface area (Å²) in [5, 5.41) is 64.0. The van der Waals surface area contributed by atoms with E-state index in [9.17, 15) is 44.5 Å². The normalized spacial score (nSPS) is 28.5. The molecule has 0 saturated heterocycles. The van der Waals surface area contributed by atoms with Gasteiger partial charge in [0.15, 0.2) is 11.4 Å². The average Bonchev–Trinajstić information content (AvgIpc) is 2.93. The molecule has 2 aromatic rings. The number of hydrogen-bond donors (Lipinski definition) is 8. The maximum absolute atomic E-state index is 13.7. The van der Waals surface area contributed by atoms with Crippen LogP contribution in [0.2, 0.25) is 0 Å². The number of carbonyl (C=O) groups excluding carboxylic acids is 3. The second kappa shape index (κ2) is 12.4. The van der Waals surface area contributed by atoms with Crippen molar-refractivity contribution in [3.63, 3.8) is 0 Å². The van der Waals surface area contributed by atoms with Crippen LogP contribution in [0.1, 0.15) is 35.9 Å². The molecule has 5 rings (SSSR count). The lowest BCUT2D eigenvalue weighted by Gasteiger charge is -2.53. The molecule has 1 fully saturated rings. The van der Waals surface area contributed by atoms with Gasteiger partial charge in [-0.15, -0.1) is 12.4 Å². The number of fused-ring (bicyclic) bond motifs is 3. The largest absolute Gasteiger partial charge is 0.542 e. The Bertz CT molecular complexity index is 1590. The Morgan fingerprint density at radius 1 is 1.05 bits per heavy atom. The Hall–Kier alpha value is -3.68. The summed E-state index contributed by atoms with van der Waals surface area (Å²) in [7, 11) is 0.475. The molecular weight excluding hydrogens is 619 g/mol. The van der Waals surface area contributed by atoms with Crippen LogP contribution in [0.5, 0.6) is 5.75 Å². The number of hydrogen-bond acceptors (Lipinski definition) is 11. The average molecular weight is 652 g/mol. The maximum Gasteiger partial charge on any atom is 0.542 e. The van der Waals surface area contributed by atoms with E-state index < -0.39 is 88.8 Å². The van der Waals surface area contributed by atoms with Crippen molar-refractivity contribution in [1.29, 1.82) is 0 Å². The van der Waals surface area contributed by atoms with Gasteiger partial charge < -0.3 is 36.4 Å². The zero-order valence-electron chi connectivity index (χ0n) is 23.8. The molecule has 9 N–H and O–H groups in total. The molecule has 13 nitrogen and oxygen atoms in total. The first-order valence-electron chi connectivity index (χ1n) is 13.1. The third-order valence-electron chi connectivity index (χ3n) is 8.33. The Labute approximate surface area is 258 Å². The molecule has 0 heterocycles. The van der Waals surface area contributed by atoms with Crippen LogP contribution in [0.25, 0.3) is 5.76 Å². The van der Waals surface area contributed by atoms with Crippen molar-refractivity contribution in [3.05, 3.63) is 82.1 Å². The number of Topliss-reactive ketones (excluding diaryl/α,β-unsaturated/α-hetero) is 2. The zero-order chi connectivity index (χ0) is 32.2. The van der Waals surface area contributed by atoms with E-state index in [2.05, 4.69) is 0 Å². The molecular formula is C29H33ClN2O11P+. The van der Waals surface area contributed by atoms with Gasteiger partial charge in [-0.2, -0.15) is 4.89 Å². The number of benzene rings is 2. The number of aliphatic hydroxyl groups is 5. The van der Waals surface area contributed by atoms with E-state index in [1.165, 1.54) is 44.1 Å². The molecule has 2 unspecified atom stereocenters. The van der Waals surface area contributed by atoms with Crippen molar-refractivity contribution < 1.29 is 54.5 Å². The third kappa shape index (κ3) is 5.30. The molecule has 0 aromatic heterocycles. The van der Waals surface area contributed by atoms with Crippen molar-refractivity contribution >= 4 is 43.7 Å². The standard InChI is InChI=1S/C22H24N2O8.C7H7O3P.ClH/c1-21(31)8-5-4-6-11(25)12(8)16(26)13-9(21)7-10-15(24(2)3)17(27)14(20(23)30)19(29)22(10,32)18(13)28;8-7(11(9)10)6-4-2-1-3-5-6;/h4-6,9-10,15,25-26,29,31-32H,7H2,1-3H3,(H2,23,30);1-5,7-8H;1H/p+1/t9-,10-,15-,21+,22-;;/m0../s1. The molecule has 2 aromatic carbocycles. The van der Waals surface area contributed by atoms with Crippen LogP contribution in [0.4, 0.5) is 0 Å². The predicted molar refractivity (Wildman–Crippen MR) is 159 cm³/mol. The third-order valence-corrected chi connectivity index (χ3v) is 9.04. The molecule has 1 saturated carbocycles. The minimum Gasteiger partial charge on any atom is -0.508 e. The topological polar surface area (TPSA) is 239 Å². The number of phenolic OH excluding ortho intramolecular Hbond substituents is 1. The highest BCUT2D eigenvalue weighted by Crippen LogP contribution is 2.57. The Morgan fingerprint density at radius 2 is 1.64 bits per heavy atom. The smallest absolute Gasteiger partial charge is 0.508 e. The summed E-state index contributed by atoms with van der Waals surface area (Å²) < 4.78 is 10.4. The number of ketones is 2. The summed E-state index contributed by atoms with van der Waals surface area (Å²) >= 11 is 0. The molecule has 0 spiro atoms. The van der Waals surface area contributed by atoms with E-state index in [0.29, 0.717) is 5.56 Å². The van der Waals surface area contributed by atoms with Crippen LogP contribution in [-0.4, -0.2) is 83.6 Å². The van der Waals surface area contributed by atoms with Gasteiger partial charge in [-0.05, 0) is 43.6 Å². The fraction of sp³-hybridized carbons (Fsp3) is 0.345. The lowest BCUT2D eigenvalue weighted by Crippen LogP contribution is -2.67. The van der Waals surface area contributed by atoms with Crippen LogP contribution < -0.4 is 5.73 Å². The minimum atomic E-state index is -2.75. The highest BCUT2D eigenvalue weighted by Gasteiger charge is 2.66. The number of aromatic hydroxyl groups is 1. The Morgan fingerprint density at radius 3 is 2.16 bits per heavy atom.